The minimum absolute atomic E-state index is 0.0915. The third-order valence-electron chi connectivity index (χ3n) is 7.95. The zero-order chi connectivity index (χ0) is 29.3. The van der Waals surface area contributed by atoms with Crippen LogP contribution in [0.2, 0.25) is 0 Å². The SMILES string of the molecule is Cc1cc(Nc2cc(O)c3c(c2)Nc2ccc(C(C)(C)C(=O)Nc4ccc(N5CCOCC5)cc4)cc2NC3)ccn1. The molecule has 0 aliphatic carbocycles. The molecule has 2 aliphatic heterocycles. The van der Waals surface area contributed by atoms with Crippen molar-refractivity contribution in [2.24, 2.45) is 0 Å². The van der Waals surface area contributed by atoms with Crippen LogP contribution in [-0.4, -0.2) is 42.3 Å². The molecule has 2 aliphatic rings. The van der Waals surface area contributed by atoms with Crippen molar-refractivity contribution < 1.29 is 14.6 Å². The Kier molecular flexibility index (Phi) is 7.34. The number of aryl methyl sites for hydroxylation is 1. The van der Waals surface area contributed by atoms with Crippen molar-refractivity contribution >= 4 is 45.7 Å². The predicted molar refractivity (Wildman–Crippen MR) is 169 cm³/mol. The molecule has 6 rings (SSSR count). The average Bonchev–Trinajstić information content (AvgIpc) is 3.17. The van der Waals surface area contributed by atoms with Crippen LogP contribution in [0.5, 0.6) is 5.75 Å². The quantitative estimate of drug-likeness (QED) is 0.187. The molecular formula is C33H36N6O3. The zero-order valence-corrected chi connectivity index (χ0v) is 24.1. The first kappa shape index (κ1) is 27.4. The van der Waals surface area contributed by atoms with Gasteiger partial charge in [-0.2, -0.15) is 0 Å². The summed E-state index contributed by atoms with van der Waals surface area (Å²) < 4.78 is 5.45. The first-order valence-corrected chi connectivity index (χ1v) is 14.2. The number of phenolic OH excluding ortho intramolecular Hbond substituents is 1. The maximum absolute atomic E-state index is 13.5. The lowest BCUT2D eigenvalue weighted by molar-refractivity contribution is -0.120. The predicted octanol–water partition coefficient (Wildman–Crippen LogP) is 6.26. The second-order valence-electron chi connectivity index (χ2n) is 11.3. The molecule has 1 fully saturated rings. The number of fused-ring (bicyclic) bond motifs is 2. The van der Waals surface area contributed by atoms with Gasteiger partial charge in [0.2, 0.25) is 5.91 Å². The highest BCUT2D eigenvalue weighted by Gasteiger charge is 2.31. The molecule has 0 unspecified atom stereocenters. The number of hydrogen-bond donors (Lipinski definition) is 5. The molecule has 216 valence electrons. The number of morpholine rings is 1. The summed E-state index contributed by atoms with van der Waals surface area (Å²) in [6.07, 6.45) is 1.75. The van der Waals surface area contributed by atoms with E-state index in [2.05, 4.69) is 31.2 Å². The Labute approximate surface area is 245 Å². The number of pyridine rings is 1. The van der Waals surface area contributed by atoms with Crippen LogP contribution in [0.15, 0.2) is 72.9 Å². The van der Waals surface area contributed by atoms with Gasteiger partial charge in [-0.25, -0.2) is 0 Å². The lowest BCUT2D eigenvalue weighted by Gasteiger charge is -2.29. The highest BCUT2D eigenvalue weighted by molar-refractivity contribution is 5.99. The van der Waals surface area contributed by atoms with Gasteiger partial charge in [-0.3, -0.25) is 9.78 Å². The number of rotatable bonds is 6. The molecule has 3 aromatic carbocycles. The van der Waals surface area contributed by atoms with Crippen molar-refractivity contribution in [3.8, 4) is 5.75 Å². The van der Waals surface area contributed by atoms with E-state index in [0.717, 1.165) is 82.9 Å². The number of hydrogen-bond acceptors (Lipinski definition) is 8. The van der Waals surface area contributed by atoms with Gasteiger partial charge in [-0.05, 0) is 80.9 Å². The van der Waals surface area contributed by atoms with Gasteiger partial charge < -0.3 is 36.0 Å². The lowest BCUT2D eigenvalue weighted by Crippen LogP contribution is -2.36. The van der Waals surface area contributed by atoms with Crippen LogP contribution in [-0.2, 0) is 21.5 Å². The van der Waals surface area contributed by atoms with Crippen LogP contribution in [0.1, 0.15) is 30.7 Å². The second-order valence-corrected chi connectivity index (χ2v) is 11.3. The molecule has 0 radical (unpaired) electrons. The molecule has 1 saturated heterocycles. The Bertz CT molecular complexity index is 1610. The van der Waals surface area contributed by atoms with Gasteiger partial charge in [0, 0.05) is 71.6 Å². The summed E-state index contributed by atoms with van der Waals surface area (Å²) in [4.78, 5) is 20.0. The Hall–Kier alpha value is -4.76. The van der Waals surface area contributed by atoms with Gasteiger partial charge >= 0.3 is 0 Å². The van der Waals surface area contributed by atoms with E-state index >= 15 is 0 Å². The van der Waals surface area contributed by atoms with E-state index in [4.69, 9.17) is 4.74 Å². The molecule has 3 heterocycles. The molecule has 0 saturated carbocycles. The molecule has 9 nitrogen and oxygen atoms in total. The fraction of sp³-hybridized carbons (Fsp3) is 0.273. The maximum Gasteiger partial charge on any atom is 0.234 e. The number of phenols is 1. The molecule has 1 amide bonds. The molecule has 5 N–H and O–H groups in total. The van der Waals surface area contributed by atoms with E-state index in [1.807, 2.05) is 81.4 Å². The summed E-state index contributed by atoms with van der Waals surface area (Å²) in [6, 6.07) is 21.5. The van der Waals surface area contributed by atoms with E-state index in [1.165, 1.54) is 0 Å². The second kappa shape index (κ2) is 11.3. The first-order valence-electron chi connectivity index (χ1n) is 14.2. The third-order valence-corrected chi connectivity index (χ3v) is 7.95. The number of amides is 1. The number of benzene rings is 3. The first-order chi connectivity index (χ1) is 20.3. The minimum Gasteiger partial charge on any atom is -0.507 e. The summed E-state index contributed by atoms with van der Waals surface area (Å²) in [6.45, 7) is 9.42. The number of aromatic nitrogens is 1. The number of anilines is 7. The van der Waals surface area contributed by atoms with Crippen LogP contribution < -0.4 is 26.2 Å². The molecule has 0 atom stereocenters. The van der Waals surface area contributed by atoms with Gasteiger partial charge in [-0.1, -0.05) is 6.07 Å². The van der Waals surface area contributed by atoms with Gasteiger partial charge in [0.05, 0.1) is 30.0 Å². The van der Waals surface area contributed by atoms with E-state index in [1.54, 1.807) is 12.3 Å². The molecular weight excluding hydrogens is 528 g/mol. The van der Waals surface area contributed by atoms with E-state index in [0.29, 0.717) is 6.54 Å². The topological polar surface area (TPSA) is 111 Å². The normalized spacial score (nSPS) is 14.5. The molecule has 0 bridgehead atoms. The van der Waals surface area contributed by atoms with Crippen molar-refractivity contribution in [3.63, 3.8) is 0 Å². The van der Waals surface area contributed by atoms with Gasteiger partial charge in [0.25, 0.3) is 0 Å². The zero-order valence-electron chi connectivity index (χ0n) is 24.1. The summed E-state index contributed by atoms with van der Waals surface area (Å²) in [5.41, 5.74) is 7.84. The van der Waals surface area contributed by atoms with Crippen molar-refractivity contribution in [3.05, 3.63) is 89.7 Å². The Morgan fingerprint density at radius 1 is 0.929 bits per heavy atom. The molecule has 0 spiro atoms. The summed E-state index contributed by atoms with van der Waals surface area (Å²) >= 11 is 0. The standard InChI is InChI=1S/C33H36N6O3/c1-21-16-24(10-11-34-21)36-25-18-29-27(31(40)19-25)20-35-30-17-22(4-9-28(30)38-29)33(2,3)32(41)37-23-5-7-26(8-6-23)39-12-14-42-15-13-39/h4-11,16-19,35,38,40H,12-15,20H2,1-3H3,(H,34,36)(H,37,41). The van der Waals surface area contributed by atoms with E-state index in [9.17, 15) is 9.90 Å². The monoisotopic (exact) mass is 564 g/mol. The minimum atomic E-state index is -0.791. The van der Waals surface area contributed by atoms with Gasteiger partial charge in [-0.15, -0.1) is 0 Å². The number of ether oxygens (including phenoxy) is 1. The Balaban J connectivity index is 1.18. The number of nitrogens with zero attached hydrogens (tertiary/aromatic N) is 2. The smallest absolute Gasteiger partial charge is 0.234 e. The lowest BCUT2D eigenvalue weighted by atomic mass is 9.83. The van der Waals surface area contributed by atoms with Crippen LogP contribution in [0.3, 0.4) is 0 Å². The molecule has 4 aromatic rings. The number of aromatic hydroxyl groups is 1. The van der Waals surface area contributed by atoms with Crippen LogP contribution in [0.4, 0.5) is 39.8 Å². The molecule has 42 heavy (non-hydrogen) atoms. The Morgan fingerprint density at radius 2 is 1.71 bits per heavy atom. The molecule has 1 aromatic heterocycles. The molecule has 9 heteroatoms. The van der Waals surface area contributed by atoms with Crippen molar-refractivity contribution in [2.75, 3.05) is 52.5 Å². The summed E-state index contributed by atoms with van der Waals surface area (Å²) in [7, 11) is 0. The van der Waals surface area contributed by atoms with Crippen LogP contribution in [0.25, 0.3) is 0 Å². The summed E-state index contributed by atoms with van der Waals surface area (Å²) in [5, 5.41) is 24.2. The van der Waals surface area contributed by atoms with Crippen molar-refractivity contribution in [2.45, 2.75) is 32.7 Å². The van der Waals surface area contributed by atoms with Gasteiger partial charge in [0.15, 0.2) is 0 Å². The highest BCUT2D eigenvalue weighted by Crippen LogP contribution is 2.40. The average molecular weight is 565 g/mol. The fourth-order valence-corrected chi connectivity index (χ4v) is 5.33. The van der Waals surface area contributed by atoms with Crippen LogP contribution >= 0.6 is 0 Å². The highest BCUT2D eigenvalue weighted by atomic mass is 16.5. The fourth-order valence-electron chi connectivity index (χ4n) is 5.33. The number of nitrogens with one attached hydrogen (secondary N) is 4. The van der Waals surface area contributed by atoms with Crippen molar-refractivity contribution in [1.29, 1.82) is 0 Å². The van der Waals surface area contributed by atoms with E-state index < -0.39 is 5.41 Å². The van der Waals surface area contributed by atoms with Gasteiger partial charge in [0.1, 0.15) is 5.75 Å². The maximum atomic E-state index is 13.5. The number of carbonyl (C=O) groups is 1. The largest absolute Gasteiger partial charge is 0.507 e. The van der Waals surface area contributed by atoms with Crippen molar-refractivity contribution in [1.82, 2.24) is 4.98 Å². The van der Waals surface area contributed by atoms with Crippen LogP contribution in [0, 0.1) is 6.92 Å². The third kappa shape index (κ3) is 5.69. The van der Waals surface area contributed by atoms with E-state index in [-0.39, 0.29) is 11.7 Å². The number of carbonyl (C=O) groups excluding carboxylic acids is 1. The summed E-state index contributed by atoms with van der Waals surface area (Å²) in [5.74, 6) is 0.0966. The Morgan fingerprint density at radius 3 is 2.48 bits per heavy atom.